The van der Waals surface area contributed by atoms with Crippen LogP contribution in [-0.2, 0) is 5.41 Å². The molecule has 0 N–H and O–H groups in total. The van der Waals surface area contributed by atoms with Crippen LogP contribution in [0.15, 0.2) is 170 Å². The van der Waals surface area contributed by atoms with Gasteiger partial charge in [0, 0.05) is 5.41 Å². The van der Waals surface area contributed by atoms with E-state index in [2.05, 4.69) is 184 Å². The molecule has 0 aliphatic heterocycles. The van der Waals surface area contributed by atoms with Gasteiger partial charge in [-0.2, -0.15) is 0 Å². The van der Waals surface area contributed by atoms with E-state index in [1.54, 1.807) is 0 Å². The zero-order valence-corrected chi connectivity index (χ0v) is 27.7. The number of hydrogen-bond donors (Lipinski definition) is 0. The highest BCUT2D eigenvalue weighted by atomic mass is 14.4. The van der Waals surface area contributed by atoms with Crippen molar-refractivity contribution in [1.29, 1.82) is 0 Å². The lowest BCUT2D eigenvalue weighted by Crippen LogP contribution is -2.15. The molecule has 0 heteroatoms. The fourth-order valence-corrected chi connectivity index (χ4v) is 8.83. The van der Waals surface area contributed by atoms with Crippen LogP contribution in [0, 0.1) is 0 Å². The molecule has 1 aliphatic rings. The summed E-state index contributed by atoms with van der Waals surface area (Å²) in [5.41, 5.74) is 13.2. The van der Waals surface area contributed by atoms with Gasteiger partial charge in [-0.25, -0.2) is 0 Å². The third-order valence-corrected chi connectivity index (χ3v) is 11.0. The van der Waals surface area contributed by atoms with E-state index in [1.165, 1.54) is 98.7 Å². The average Bonchev–Trinajstić information content (AvgIpc) is 3.39. The number of benzene rings is 9. The van der Waals surface area contributed by atoms with E-state index in [1.807, 2.05) is 0 Å². The molecule has 0 bridgehead atoms. The van der Waals surface area contributed by atoms with Crippen molar-refractivity contribution < 1.29 is 0 Å². The monoisotopic (exact) mass is 622 g/mol. The average molecular weight is 623 g/mol. The molecule has 0 radical (unpaired) electrons. The summed E-state index contributed by atoms with van der Waals surface area (Å²) >= 11 is 0. The van der Waals surface area contributed by atoms with Gasteiger partial charge in [-0.15, -0.1) is 0 Å². The molecular weight excluding hydrogens is 589 g/mol. The minimum absolute atomic E-state index is 0.0442. The molecule has 0 saturated carbocycles. The van der Waals surface area contributed by atoms with Gasteiger partial charge in [0.1, 0.15) is 0 Å². The van der Waals surface area contributed by atoms with Crippen molar-refractivity contribution in [3.8, 4) is 44.5 Å². The largest absolute Gasteiger partial charge is 0.0622 e. The number of hydrogen-bond acceptors (Lipinski definition) is 0. The Balaban J connectivity index is 1.13. The van der Waals surface area contributed by atoms with Crippen molar-refractivity contribution in [2.24, 2.45) is 0 Å². The highest BCUT2D eigenvalue weighted by Crippen LogP contribution is 2.52. The molecule has 1 aliphatic carbocycles. The minimum Gasteiger partial charge on any atom is -0.0622 e. The standard InChI is InChI=1S/C49H34/c1-49(2)45-22-11-10-15-38(45)44-28-27-37-36(20-12-21-43(37)48(44)49)34-25-23-33-30-35(26-24-32(33)29-34)47-41-18-8-6-16-39(41)46(31-13-4-3-5-14-31)40-17-7-9-19-42(40)47/h3-30H,1-2H3. The summed E-state index contributed by atoms with van der Waals surface area (Å²) in [7, 11) is 0. The van der Waals surface area contributed by atoms with E-state index < -0.39 is 0 Å². The first kappa shape index (κ1) is 28.1. The summed E-state index contributed by atoms with van der Waals surface area (Å²) in [5.74, 6) is 0. The lowest BCUT2D eigenvalue weighted by atomic mass is 9.79. The third-order valence-electron chi connectivity index (χ3n) is 11.0. The maximum atomic E-state index is 2.38. The molecule has 0 aromatic heterocycles. The highest BCUT2D eigenvalue weighted by Gasteiger charge is 2.36. The van der Waals surface area contributed by atoms with Crippen LogP contribution in [0.5, 0.6) is 0 Å². The SMILES string of the molecule is CC1(C)c2ccccc2-c2ccc3c(-c4ccc5cc(-c6c7ccccc7c(-c7ccccc7)c7ccccc67)ccc5c4)cccc3c21. The van der Waals surface area contributed by atoms with E-state index in [4.69, 9.17) is 0 Å². The summed E-state index contributed by atoms with van der Waals surface area (Å²) in [6.45, 7) is 4.75. The molecule has 0 amide bonds. The van der Waals surface area contributed by atoms with E-state index in [-0.39, 0.29) is 5.41 Å². The van der Waals surface area contributed by atoms with Crippen LogP contribution in [0.2, 0.25) is 0 Å². The quantitative estimate of drug-likeness (QED) is 0.172. The Labute approximate surface area is 286 Å². The second-order valence-electron chi connectivity index (χ2n) is 14.0. The van der Waals surface area contributed by atoms with Crippen LogP contribution in [0.1, 0.15) is 25.0 Å². The Kier molecular flexibility index (Phi) is 6.02. The lowest BCUT2D eigenvalue weighted by Gasteiger charge is -2.23. The van der Waals surface area contributed by atoms with Crippen LogP contribution in [0.3, 0.4) is 0 Å². The maximum absolute atomic E-state index is 2.38. The summed E-state index contributed by atoms with van der Waals surface area (Å²) in [4.78, 5) is 0. The van der Waals surface area contributed by atoms with E-state index in [0.29, 0.717) is 0 Å². The lowest BCUT2D eigenvalue weighted by molar-refractivity contribution is 0.666. The molecule has 0 nitrogen and oxygen atoms in total. The van der Waals surface area contributed by atoms with Crippen LogP contribution >= 0.6 is 0 Å². The normalized spacial score (nSPS) is 13.3. The molecular formula is C49H34. The second kappa shape index (κ2) is 10.5. The van der Waals surface area contributed by atoms with Crippen molar-refractivity contribution in [1.82, 2.24) is 0 Å². The number of rotatable bonds is 3. The van der Waals surface area contributed by atoms with E-state index in [9.17, 15) is 0 Å². The molecule has 0 unspecified atom stereocenters. The predicted molar refractivity (Wildman–Crippen MR) is 210 cm³/mol. The Morgan fingerprint density at radius 3 is 1.55 bits per heavy atom. The summed E-state index contributed by atoms with van der Waals surface area (Å²) < 4.78 is 0. The van der Waals surface area contributed by atoms with Crippen LogP contribution in [0.4, 0.5) is 0 Å². The van der Waals surface area contributed by atoms with Crippen LogP contribution < -0.4 is 0 Å². The summed E-state index contributed by atoms with van der Waals surface area (Å²) in [5, 5.41) is 10.3. The Hall–Kier alpha value is -5.98. The van der Waals surface area contributed by atoms with E-state index in [0.717, 1.165) is 0 Å². The smallest absolute Gasteiger partial charge is 0.0165 e. The molecule has 230 valence electrons. The Morgan fingerprint density at radius 1 is 0.327 bits per heavy atom. The Morgan fingerprint density at radius 2 is 0.857 bits per heavy atom. The van der Waals surface area contributed by atoms with Gasteiger partial charge in [0.05, 0.1) is 0 Å². The van der Waals surface area contributed by atoms with Crippen molar-refractivity contribution in [2.75, 3.05) is 0 Å². The predicted octanol–water partition coefficient (Wildman–Crippen LogP) is 13.6. The third kappa shape index (κ3) is 4.11. The molecule has 0 heterocycles. The summed E-state index contributed by atoms with van der Waals surface area (Å²) in [6.07, 6.45) is 0. The molecule has 0 spiro atoms. The first-order valence-electron chi connectivity index (χ1n) is 17.3. The fourth-order valence-electron chi connectivity index (χ4n) is 8.83. The Bertz CT molecular complexity index is 2720. The van der Waals surface area contributed by atoms with Gasteiger partial charge in [0.2, 0.25) is 0 Å². The van der Waals surface area contributed by atoms with Gasteiger partial charge < -0.3 is 0 Å². The fraction of sp³-hybridized carbons (Fsp3) is 0.0612. The van der Waals surface area contributed by atoms with Crippen LogP contribution in [-0.4, -0.2) is 0 Å². The van der Waals surface area contributed by atoms with Crippen LogP contribution in [0.25, 0.3) is 87.6 Å². The minimum atomic E-state index is -0.0442. The van der Waals surface area contributed by atoms with Gasteiger partial charge >= 0.3 is 0 Å². The van der Waals surface area contributed by atoms with E-state index >= 15 is 0 Å². The second-order valence-corrected chi connectivity index (χ2v) is 14.0. The van der Waals surface area contributed by atoms with Crippen molar-refractivity contribution in [3.63, 3.8) is 0 Å². The van der Waals surface area contributed by atoms with Gasteiger partial charge in [-0.05, 0) is 111 Å². The zero-order valence-electron chi connectivity index (χ0n) is 27.7. The first-order valence-corrected chi connectivity index (χ1v) is 17.3. The number of fused-ring (bicyclic) bond motifs is 8. The van der Waals surface area contributed by atoms with Gasteiger partial charge in [-0.3, -0.25) is 0 Å². The van der Waals surface area contributed by atoms with Gasteiger partial charge in [0.25, 0.3) is 0 Å². The molecule has 10 rings (SSSR count). The zero-order chi connectivity index (χ0) is 32.7. The van der Waals surface area contributed by atoms with Gasteiger partial charge in [0.15, 0.2) is 0 Å². The molecule has 49 heavy (non-hydrogen) atoms. The first-order chi connectivity index (χ1) is 24.1. The molecule has 0 atom stereocenters. The van der Waals surface area contributed by atoms with Crippen molar-refractivity contribution >= 4 is 43.1 Å². The molecule has 9 aromatic rings. The van der Waals surface area contributed by atoms with Crippen molar-refractivity contribution in [2.45, 2.75) is 19.3 Å². The van der Waals surface area contributed by atoms with Crippen molar-refractivity contribution in [3.05, 3.63) is 181 Å². The molecule has 0 fully saturated rings. The highest BCUT2D eigenvalue weighted by molar-refractivity contribution is 6.21. The summed E-state index contributed by atoms with van der Waals surface area (Å²) in [6, 6.07) is 63.0. The molecule has 0 saturated heterocycles. The van der Waals surface area contributed by atoms with Gasteiger partial charge in [-0.1, -0.05) is 172 Å². The topological polar surface area (TPSA) is 0 Å². The maximum Gasteiger partial charge on any atom is 0.0165 e. The molecule has 9 aromatic carbocycles.